The second-order valence-electron chi connectivity index (χ2n) is 6.19. The second-order valence-corrected chi connectivity index (χ2v) is 6.19. The summed E-state index contributed by atoms with van der Waals surface area (Å²) in [6.45, 7) is 10.8. The minimum Gasteiger partial charge on any atom is -0.367 e. The molecule has 2 rings (SSSR count). The van der Waals surface area contributed by atoms with Crippen LogP contribution >= 0.6 is 0 Å². The van der Waals surface area contributed by atoms with Crippen LogP contribution < -0.4 is 5.32 Å². The van der Waals surface area contributed by atoms with Crippen LogP contribution in [0.25, 0.3) is 11.4 Å². The Morgan fingerprint density at radius 2 is 1.95 bits per heavy atom. The first-order valence-corrected chi connectivity index (χ1v) is 6.89. The first-order chi connectivity index (χ1) is 9.36. The molecular weight excluding hydrogens is 248 g/mol. The van der Waals surface area contributed by atoms with Crippen molar-refractivity contribution in [3.63, 3.8) is 0 Å². The SMILES string of the molecule is Cc1cc(NC(C)C(C)(C)C)nc(-c2cccnc2)n1. The molecule has 0 amide bonds. The summed E-state index contributed by atoms with van der Waals surface area (Å²) in [6.07, 6.45) is 3.53. The molecule has 2 aromatic rings. The van der Waals surface area contributed by atoms with Gasteiger partial charge in [0.15, 0.2) is 5.82 Å². The van der Waals surface area contributed by atoms with Gasteiger partial charge in [0.05, 0.1) is 0 Å². The van der Waals surface area contributed by atoms with Crippen LogP contribution in [0.15, 0.2) is 30.6 Å². The van der Waals surface area contributed by atoms with Gasteiger partial charge in [-0.25, -0.2) is 9.97 Å². The summed E-state index contributed by atoms with van der Waals surface area (Å²) < 4.78 is 0. The molecule has 0 radical (unpaired) electrons. The predicted octanol–water partition coefficient (Wildman–Crippen LogP) is 3.69. The van der Waals surface area contributed by atoms with Gasteiger partial charge in [0.25, 0.3) is 0 Å². The van der Waals surface area contributed by atoms with Crippen molar-refractivity contribution in [3.05, 3.63) is 36.3 Å². The molecule has 0 fully saturated rings. The number of rotatable bonds is 3. The summed E-state index contributed by atoms with van der Waals surface area (Å²) in [5.74, 6) is 1.57. The summed E-state index contributed by atoms with van der Waals surface area (Å²) in [7, 11) is 0. The van der Waals surface area contributed by atoms with Gasteiger partial charge in [-0.1, -0.05) is 20.8 Å². The smallest absolute Gasteiger partial charge is 0.163 e. The number of hydrogen-bond acceptors (Lipinski definition) is 4. The molecular formula is C16H22N4. The van der Waals surface area contributed by atoms with E-state index in [0.717, 1.165) is 17.1 Å². The molecule has 20 heavy (non-hydrogen) atoms. The molecule has 2 heterocycles. The average molecular weight is 270 g/mol. The number of aryl methyl sites for hydroxylation is 1. The zero-order valence-corrected chi connectivity index (χ0v) is 12.8. The summed E-state index contributed by atoms with van der Waals surface area (Å²) in [6, 6.07) is 6.16. The van der Waals surface area contributed by atoms with Gasteiger partial charge in [0.1, 0.15) is 5.82 Å². The molecule has 1 unspecified atom stereocenters. The molecule has 0 bridgehead atoms. The van der Waals surface area contributed by atoms with Crippen LogP contribution in [0.5, 0.6) is 0 Å². The van der Waals surface area contributed by atoms with E-state index in [-0.39, 0.29) is 5.41 Å². The molecule has 1 atom stereocenters. The van der Waals surface area contributed by atoms with Crippen LogP contribution in [0.3, 0.4) is 0 Å². The maximum atomic E-state index is 4.60. The monoisotopic (exact) mass is 270 g/mol. The van der Waals surface area contributed by atoms with Gasteiger partial charge in [0, 0.05) is 35.8 Å². The third-order valence-corrected chi connectivity index (χ3v) is 3.44. The Balaban J connectivity index is 2.30. The highest BCUT2D eigenvalue weighted by molar-refractivity contribution is 5.56. The summed E-state index contributed by atoms with van der Waals surface area (Å²) in [5.41, 5.74) is 2.05. The van der Waals surface area contributed by atoms with Crippen molar-refractivity contribution in [3.8, 4) is 11.4 Å². The van der Waals surface area contributed by atoms with Crippen molar-refractivity contribution in [2.24, 2.45) is 5.41 Å². The van der Waals surface area contributed by atoms with E-state index in [9.17, 15) is 0 Å². The molecule has 1 N–H and O–H groups in total. The molecule has 0 aliphatic carbocycles. The van der Waals surface area contributed by atoms with E-state index < -0.39 is 0 Å². The Morgan fingerprint density at radius 3 is 2.55 bits per heavy atom. The van der Waals surface area contributed by atoms with Crippen LogP contribution in [0.4, 0.5) is 5.82 Å². The van der Waals surface area contributed by atoms with Gasteiger partial charge in [-0.15, -0.1) is 0 Å². The third-order valence-electron chi connectivity index (χ3n) is 3.44. The molecule has 0 spiro atoms. The second kappa shape index (κ2) is 5.57. The Morgan fingerprint density at radius 1 is 1.20 bits per heavy atom. The fourth-order valence-electron chi connectivity index (χ4n) is 1.70. The van der Waals surface area contributed by atoms with Gasteiger partial charge in [-0.2, -0.15) is 0 Å². The van der Waals surface area contributed by atoms with Crippen molar-refractivity contribution < 1.29 is 0 Å². The Hall–Kier alpha value is -1.97. The molecule has 2 aromatic heterocycles. The molecule has 4 heteroatoms. The zero-order chi connectivity index (χ0) is 14.8. The lowest BCUT2D eigenvalue weighted by Gasteiger charge is -2.28. The Labute approximate surface area is 120 Å². The Bertz CT molecular complexity index is 573. The van der Waals surface area contributed by atoms with Gasteiger partial charge < -0.3 is 5.32 Å². The normalized spacial score (nSPS) is 13.1. The summed E-state index contributed by atoms with van der Waals surface area (Å²) in [5, 5.41) is 3.46. The highest BCUT2D eigenvalue weighted by Gasteiger charge is 2.20. The lowest BCUT2D eigenvalue weighted by atomic mass is 9.88. The predicted molar refractivity (Wildman–Crippen MR) is 82.5 cm³/mol. The van der Waals surface area contributed by atoms with Crippen LogP contribution in [0.1, 0.15) is 33.4 Å². The fraction of sp³-hybridized carbons (Fsp3) is 0.438. The van der Waals surface area contributed by atoms with Crippen LogP contribution in [0.2, 0.25) is 0 Å². The highest BCUT2D eigenvalue weighted by atomic mass is 15.1. The van der Waals surface area contributed by atoms with Gasteiger partial charge in [0.2, 0.25) is 0 Å². The molecule has 0 aliphatic heterocycles. The third kappa shape index (κ3) is 3.53. The maximum Gasteiger partial charge on any atom is 0.163 e. The van der Waals surface area contributed by atoms with E-state index in [1.807, 2.05) is 25.1 Å². The minimum atomic E-state index is 0.174. The highest BCUT2D eigenvalue weighted by Crippen LogP contribution is 2.23. The summed E-state index contributed by atoms with van der Waals surface area (Å²) >= 11 is 0. The van der Waals surface area contributed by atoms with E-state index in [0.29, 0.717) is 11.9 Å². The minimum absolute atomic E-state index is 0.174. The number of pyridine rings is 1. The van der Waals surface area contributed by atoms with E-state index in [1.54, 1.807) is 12.4 Å². The number of nitrogens with one attached hydrogen (secondary N) is 1. The van der Waals surface area contributed by atoms with Crippen LogP contribution in [-0.4, -0.2) is 21.0 Å². The largest absolute Gasteiger partial charge is 0.367 e. The van der Waals surface area contributed by atoms with E-state index in [1.165, 1.54) is 0 Å². The number of anilines is 1. The molecule has 4 nitrogen and oxygen atoms in total. The molecule has 0 saturated heterocycles. The van der Waals surface area contributed by atoms with Crippen LogP contribution in [0, 0.1) is 12.3 Å². The van der Waals surface area contributed by atoms with Gasteiger partial charge in [-0.05, 0) is 31.4 Å². The fourth-order valence-corrected chi connectivity index (χ4v) is 1.70. The number of hydrogen-bond donors (Lipinski definition) is 1. The first kappa shape index (κ1) is 14.4. The Kier molecular flexibility index (Phi) is 4.02. The lowest BCUT2D eigenvalue weighted by molar-refractivity contribution is 0.358. The summed E-state index contributed by atoms with van der Waals surface area (Å²) in [4.78, 5) is 13.2. The van der Waals surface area contributed by atoms with Crippen molar-refractivity contribution in [2.45, 2.75) is 40.7 Å². The molecule has 0 saturated carbocycles. The molecule has 106 valence electrons. The molecule has 0 aliphatic rings. The van der Waals surface area contributed by atoms with E-state index >= 15 is 0 Å². The topological polar surface area (TPSA) is 50.7 Å². The standard InChI is InChI=1S/C16H22N4/c1-11-9-14(19-12(2)16(3,4)5)20-15(18-11)13-7-6-8-17-10-13/h6-10,12H,1-5H3,(H,18,19,20). The van der Waals surface area contributed by atoms with Gasteiger partial charge in [-0.3, -0.25) is 4.98 Å². The zero-order valence-electron chi connectivity index (χ0n) is 12.8. The number of aromatic nitrogens is 3. The quantitative estimate of drug-likeness (QED) is 0.924. The maximum absolute atomic E-state index is 4.60. The molecule has 0 aromatic carbocycles. The van der Waals surface area contributed by atoms with Crippen molar-refractivity contribution in [1.29, 1.82) is 0 Å². The average Bonchev–Trinajstić information content (AvgIpc) is 2.38. The number of nitrogens with zero attached hydrogens (tertiary/aromatic N) is 3. The first-order valence-electron chi connectivity index (χ1n) is 6.89. The van der Waals surface area contributed by atoms with Gasteiger partial charge >= 0.3 is 0 Å². The van der Waals surface area contributed by atoms with Crippen molar-refractivity contribution in [1.82, 2.24) is 15.0 Å². The van der Waals surface area contributed by atoms with E-state index in [2.05, 4.69) is 48.0 Å². The lowest BCUT2D eigenvalue weighted by Crippen LogP contribution is -2.31. The van der Waals surface area contributed by atoms with Crippen molar-refractivity contribution >= 4 is 5.82 Å². The van der Waals surface area contributed by atoms with E-state index in [4.69, 9.17) is 0 Å². The van der Waals surface area contributed by atoms with Crippen LogP contribution in [-0.2, 0) is 0 Å². The van der Waals surface area contributed by atoms with Crippen molar-refractivity contribution in [2.75, 3.05) is 5.32 Å².